The third-order valence-corrected chi connectivity index (χ3v) is 2.48. The van der Waals surface area contributed by atoms with Crippen molar-refractivity contribution in [1.29, 1.82) is 0 Å². The van der Waals surface area contributed by atoms with Gasteiger partial charge < -0.3 is 14.4 Å². The molecule has 1 aliphatic heterocycles. The van der Waals surface area contributed by atoms with E-state index < -0.39 is 0 Å². The lowest BCUT2D eigenvalue weighted by Crippen LogP contribution is -2.21. The fraction of sp³-hybridized carbons (Fsp3) is 0.545. The molecule has 0 unspecified atom stereocenters. The van der Waals surface area contributed by atoms with Gasteiger partial charge in [0.1, 0.15) is 6.61 Å². The summed E-state index contributed by atoms with van der Waals surface area (Å²) in [5, 5.41) is 0. The molecule has 0 aliphatic carbocycles. The van der Waals surface area contributed by atoms with Crippen molar-refractivity contribution < 1.29 is 9.47 Å². The van der Waals surface area contributed by atoms with Gasteiger partial charge in [-0.25, -0.2) is 0 Å². The third kappa shape index (κ3) is 2.83. The van der Waals surface area contributed by atoms with Gasteiger partial charge in [-0.3, -0.25) is 0 Å². The topological polar surface area (TPSA) is 60.4 Å². The van der Waals surface area contributed by atoms with Crippen molar-refractivity contribution in [1.82, 2.24) is 15.0 Å². The maximum Gasteiger partial charge on any atom is 0.324 e. The number of hydrogen-bond acceptors (Lipinski definition) is 6. The van der Waals surface area contributed by atoms with E-state index in [1.807, 2.05) is 0 Å². The molecule has 6 nitrogen and oxygen atoms in total. The van der Waals surface area contributed by atoms with E-state index in [1.54, 1.807) is 6.08 Å². The molecule has 1 aromatic heterocycles. The van der Waals surface area contributed by atoms with Crippen LogP contribution in [-0.4, -0.2) is 41.8 Å². The third-order valence-electron chi connectivity index (χ3n) is 2.48. The maximum atomic E-state index is 5.31. The molecule has 1 aliphatic rings. The molecular formula is C11H16N4O2. The van der Waals surface area contributed by atoms with Crippen LogP contribution in [0.2, 0.25) is 0 Å². The Morgan fingerprint density at radius 3 is 2.59 bits per heavy atom. The SMILES string of the molecule is C=CCOc1nc(OC)nc(N2CCCC2)n1. The van der Waals surface area contributed by atoms with Gasteiger partial charge in [0, 0.05) is 13.1 Å². The Morgan fingerprint density at radius 1 is 1.24 bits per heavy atom. The van der Waals surface area contributed by atoms with Crippen LogP contribution in [0.3, 0.4) is 0 Å². The summed E-state index contributed by atoms with van der Waals surface area (Å²) >= 11 is 0. The Balaban J connectivity index is 2.21. The molecule has 1 saturated heterocycles. The summed E-state index contributed by atoms with van der Waals surface area (Å²) in [7, 11) is 1.53. The molecule has 0 aromatic carbocycles. The molecule has 2 rings (SSSR count). The van der Waals surface area contributed by atoms with Gasteiger partial charge in [-0.05, 0) is 12.8 Å². The predicted molar refractivity (Wildman–Crippen MR) is 63.5 cm³/mol. The standard InChI is InChI=1S/C11H16N4O2/c1-3-8-17-11-13-9(12-10(14-11)16-2)15-6-4-5-7-15/h3H,1,4-8H2,2H3. The summed E-state index contributed by atoms with van der Waals surface area (Å²) in [6.45, 7) is 5.88. The Bertz CT molecular complexity index is 391. The monoisotopic (exact) mass is 236 g/mol. The second-order valence-corrected chi connectivity index (χ2v) is 3.70. The first-order valence-corrected chi connectivity index (χ1v) is 5.62. The number of anilines is 1. The lowest BCUT2D eigenvalue weighted by molar-refractivity contribution is 0.313. The van der Waals surface area contributed by atoms with Crippen LogP contribution in [0, 0.1) is 0 Å². The van der Waals surface area contributed by atoms with Crippen molar-refractivity contribution >= 4 is 5.95 Å². The highest BCUT2D eigenvalue weighted by molar-refractivity contribution is 5.33. The summed E-state index contributed by atoms with van der Waals surface area (Å²) in [6.07, 6.45) is 3.97. The number of aromatic nitrogens is 3. The Labute approximate surface area is 100 Å². The van der Waals surface area contributed by atoms with E-state index >= 15 is 0 Å². The minimum absolute atomic E-state index is 0.277. The van der Waals surface area contributed by atoms with Crippen molar-refractivity contribution in [2.45, 2.75) is 12.8 Å². The molecule has 92 valence electrons. The lowest BCUT2D eigenvalue weighted by atomic mass is 10.4. The normalized spacial score (nSPS) is 14.8. The van der Waals surface area contributed by atoms with E-state index in [-0.39, 0.29) is 12.0 Å². The molecule has 0 spiro atoms. The Hall–Kier alpha value is -1.85. The van der Waals surface area contributed by atoms with Crippen LogP contribution in [0.25, 0.3) is 0 Å². The van der Waals surface area contributed by atoms with Gasteiger partial charge >= 0.3 is 12.0 Å². The van der Waals surface area contributed by atoms with Gasteiger partial charge in [0.05, 0.1) is 7.11 Å². The largest absolute Gasteiger partial charge is 0.467 e. The molecular weight excluding hydrogens is 220 g/mol. The molecule has 0 bridgehead atoms. The fourth-order valence-electron chi connectivity index (χ4n) is 1.68. The highest BCUT2D eigenvalue weighted by Gasteiger charge is 2.17. The number of rotatable bonds is 5. The molecule has 1 fully saturated rings. The number of ether oxygens (including phenoxy) is 2. The molecule has 0 saturated carbocycles. The van der Waals surface area contributed by atoms with Gasteiger partial charge in [-0.15, -0.1) is 4.98 Å². The summed E-state index contributed by atoms with van der Waals surface area (Å²) in [6, 6.07) is 0.555. The van der Waals surface area contributed by atoms with Crippen molar-refractivity contribution in [2.24, 2.45) is 0 Å². The molecule has 1 aromatic rings. The van der Waals surface area contributed by atoms with Gasteiger partial charge in [0.15, 0.2) is 0 Å². The quantitative estimate of drug-likeness (QED) is 0.712. The second-order valence-electron chi connectivity index (χ2n) is 3.70. The highest BCUT2D eigenvalue weighted by atomic mass is 16.5. The van der Waals surface area contributed by atoms with Gasteiger partial charge in [-0.2, -0.15) is 9.97 Å². The summed E-state index contributed by atoms with van der Waals surface area (Å²) in [5.74, 6) is 0.619. The van der Waals surface area contributed by atoms with Crippen molar-refractivity contribution in [2.75, 3.05) is 31.7 Å². The molecule has 0 atom stereocenters. The first kappa shape index (κ1) is 11.6. The van der Waals surface area contributed by atoms with Crippen LogP contribution < -0.4 is 14.4 Å². The average molecular weight is 236 g/mol. The van der Waals surface area contributed by atoms with E-state index in [1.165, 1.54) is 7.11 Å². The van der Waals surface area contributed by atoms with Crippen LogP contribution in [0.5, 0.6) is 12.0 Å². The van der Waals surface area contributed by atoms with E-state index in [2.05, 4.69) is 26.4 Å². The maximum absolute atomic E-state index is 5.31. The zero-order chi connectivity index (χ0) is 12.1. The molecule has 0 N–H and O–H groups in total. The van der Waals surface area contributed by atoms with E-state index in [4.69, 9.17) is 9.47 Å². The van der Waals surface area contributed by atoms with Crippen LogP contribution in [0.15, 0.2) is 12.7 Å². The van der Waals surface area contributed by atoms with Crippen LogP contribution >= 0.6 is 0 Å². The van der Waals surface area contributed by atoms with Gasteiger partial charge in [-0.1, -0.05) is 12.7 Å². The zero-order valence-corrected chi connectivity index (χ0v) is 9.93. The Morgan fingerprint density at radius 2 is 1.94 bits per heavy atom. The summed E-state index contributed by atoms with van der Waals surface area (Å²) < 4.78 is 10.4. The summed E-state index contributed by atoms with van der Waals surface area (Å²) in [4.78, 5) is 14.6. The lowest BCUT2D eigenvalue weighted by Gasteiger charge is -2.15. The van der Waals surface area contributed by atoms with Crippen LogP contribution in [0.1, 0.15) is 12.8 Å². The molecule has 0 radical (unpaired) electrons. The predicted octanol–water partition coefficient (Wildman–Crippen LogP) is 1.05. The molecule has 0 amide bonds. The van der Waals surface area contributed by atoms with E-state index in [0.29, 0.717) is 12.6 Å². The van der Waals surface area contributed by atoms with Gasteiger partial charge in [0.25, 0.3) is 0 Å². The number of hydrogen-bond donors (Lipinski definition) is 0. The minimum Gasteiger partial charge on any atom is -0.467 e. The number of methoxy groups -OCH3 is 1. The van der Waals surface area contributed by atoms with E-state index in [9.17, 15) is 0 Å². The average Bonchev–Trinajstić information content (AvgIpc) is 2.89. The smallest absolute Gasteiger partial charge is 0.324 e. The number of nitrogens with zero attached hydrogens (tertiary/aromatic N) is 4. The first-order valence-electron chi connectivity index (χ1n) is 5.62. The van der Waals surface area contributed by atoms with Crippen LogP contribution in [0.4, 0.5) is 5.95 Å². The molecule has 17 heavy (non-hydrogen) atoms. The Kier molecular flexibility index (Phi) is 3.74. The highest BCUT2D eigenvalue weighted by Crippen LogP contribution is 2.20. The molecule has 2 heterocycles. The fourth-order valence-corrected chi connectivity index (χ4v) is 1.68. The van der Waals surface area contributed by atoms with Crippen molar-refractivity contribution in [3.63, 3.8) is 0 Å². The first-order chi connectivity index (χ1) is 8.33. The van der Waals surface area contributed by atoms with E-state index in [0.717, 1.165) is 25.9 Å². The van der Waals surface area contributed by atoms with Crippen LogP contribution in [-0.2, 0) is 0 Å². The zero-order valence-electron chi connectivity index (χ0n) is 9.93. The van der Waals surface area contributed by atoms with Crippen molar-refractivity contribution in [3.8, 4) is 12.0 Å². The minimum atomic E-state index is 0.277. The van der Waals surface area contributed by atoms with Gasteiger partial charge in [0.2, 0.25) is 5.95 Å². The second kappa shape index (κ2) is 5.47. The van der Waals surface area contributed by atoms with Crippen molar-refractivity contribution in [3.05, 3.63) is 12.7 Å². The summed E-state index contributed by atoms with van der Waals surface area (Å²) in [5.41, 5.74) is 0. The molecule has 6 heteroatoms.